The van der Waals surface area contributed by atoms with E-state index in [1.54, 1.807) is 19.4 Å². The van der Waals surface area contributed by atoms with Gasteiger partial charge in [-0.25, -0.2) is 14.6 Å². The average molecular weight is 274 g/mol. The highest BCUT2D eigenvalue weighted by Crippen LogP contribution is 2.17. The third-order valence-electron chi connectivity index (χ3n) is 3.39. The third kappa shape index (κ3) is 2.56. The number of rotatable bonds is 4. The Kier molecular flexibility index (Phi) is 3.49. The first-order valence-electron chi connectivity index (χ1n) is 6.84. The van der Waals surface area contributed by atoms with Crippen LogP contribution in [0.5, 0.6) is 5.88 Å². The van der Waals surface area contributed by atoms with E-state index in [9.17, 15) is 0 Å². The Balaban J connectivity index is 1.70. The lowest BCUT2D eigenvalue weighted by Gasteiger charge is -2.23. The van der Waals surface area contributed by atoms with Crippen LogP contribution in [0.25, 0.3) is 0 Å². The molecule has 0 fully saturated rings. The zero-order valence-electron chi connectivity index (χ0n) is 11.7. The zero-order chi connectivity index (χ0) is 13.9. The maximum Gasteiger partial charge on any atom is 0.226 e. The van der Waals surface area contributed by atoms with Gasteiger partial charge in [-0.15, -0.1) is 0 Å². The normalized spacial score (nSPS) is 17.6. The highest BCUT2D eigenvalue weighted by Gasteiger charge is 2.21. The molecule has 20 heavy (non-hydrogen) atoms. The second kappa shape index (κ2) is 5.44. The molecule has 0 aliphatic carbocycles. The predicted octanol–water partition coefficient (Wildman–Crippen LogP) is 1.07. The van der Waals surface area contributed by atoms with Gasteiger partial charge in [0, 0.05) is 31.1 Å². The molecule has 2 aromatic heterocycles. The maximum atomic E-state index is 5.10. The number of aromatic nitrogens is 5. The van der Waals surface area contributed by atoms with Crippen molar-refractivity contribution in [2.45, 2.75) is 38.8 Å². The lowest BCUT2D eigenvalue weighted by Crippen LogP contribution is -2.32. The summed E-state index contributed by atoms with van der Waals surface area (Å²) in [5.41, 5.74) is 0. The number of aryl methyl sites for hydroxylation is 2. The van der Waals surface area contributed by atoms with E-state index in [0.29, 0.717) is 11.8 Å². The fraction of sp³-hybridized carbons (Fsp3) is 0.538. The highest BCUT2D eigenvalue weighted by molar-refractivity contribution is 5.29. The second-order valence-electron chi connectivity index (χ2n) is 4.78. The van der Waals surface area contributed by atoms with E-state index in [1.807, 2.05) is 4.68 Å². The number of hydrogen-bond donors (Lipinski definition) is 1. The van der Waals surface area contributed by atoms with Gasteiger partial charge in [0.15, 0.2) is 5.82 Å². The van der Waals surface area contributed by atoms with Crippen LogP contribution in [-0.2, 0) is 19.4 Å². The van der Waals surface area contributed by atoms with Gasteiger partial charge >= 0.3 is 0 Å². The van der Waals surface area contributed by atoms with Crippen LogP contribution in [0, 0.1) is 0 Å². The van der Waals surface area contributed by atoms with Gasteiger partial charge in [0.25, 0.3) is 0 Å². The maximum absolute atomic E-state index is 5.10. The molecule has 3 rings (SSSR count). The minimum absolute atomic E-state index is 0.265. The molecule has 0 saturated heterocycles. The van der Waals surface area contributed by atoms with E-state index < -0.39 is 0 Å². The van der Waals surface area contributed by atoms with Crippen molar-refractivity contribution in [3.8, 4) is 5.88 Å². The van der Waals surface area contributed by atoms with E-state index in [1.165, 1.54) is 0 Å². The summed E-state index contributed by atoms with van der Waals surface area (Å²) in [6, 6.07) is 2.00. The van der Waals surface area contributed by atoms with Crippen molar-refractivity contribution in [1.82, 2.24) is 24.7 Å². The van der Waals surface area contributed by atoms with Crippen LogP contribution in [0.4, 0.5) is 5.95 Å². The van der Waals surface area contributed by atoms with Crippen LogP contribution in [0.1, 0.15) is 25.0 Å². The summed E-state index contributed by atoms with van der Waals surface area (Å²) in [5, 5.41) is 7.83. The molecular formula is C13H18N6O. The summed E-state index contributed by atoms with van der Waals surface area (Å²) >= 11 is 0. The van der Waals surface area contributed by atoms with Crippen LogP contribution in [0.15, 0.2) is 12.3 Å². The largest absolute Gasteiger partial charge is 0.481 e. The minimum atomic E-state index is 0.265. The Bertz CT molecular complexity index is 596. The zero-order valence-corrected chi connectivity index (χ0v) is 11.7. The molecule has 0 aromatic carbocycles. The second-order valence-corrected chi connectivity index (χ2v) is 4.78. The SMILES string of the molecule is CCc1nc2n(n1)CC(Nc1nccc(OC)n1)CC2. The number of nitrogens with zero attached hydrogens (tertiary/aromatic N) is 5. The minimum Gasteiger partial charge on any atom is -0.481 e. The van der Waals surface area contributed by atoms with Gasteiger partial charge in [0.2, 0.25) is 11.8 Å². The van der Waals surface area contributed by atoms with Gasteiger partial charge < -0.3 is 10.1 Å². The molecule has 1 aliphatic rings. The molecule has 106 valence electrons. The fourth-order valence-electron chi connectivity index (χ4n) is 2.34. The van der Waals surface area contributed by atoms with Gasteiger partial charge in [-0.1, -0.05) is 6.92 Å². The molecule has 0 bridgehead atoms. The summed E-state index contributed by atoms with van der Waals surface area (Å²) in [6.07, 6.45) is 4.49. The number of ether oxygens (including phenoxy) is 1. The lowest BCUT2D eigenvalue weighted by atomic mass is 10.1. The molecule has 2 aromatic rings. The Morgan fingerprint density at radius 3 is 3.15 bits per heavy atom. The Labute approximate surface area is 117 Å². The van der Waals surface area contributed by atoms with E-state index in [0.717, 1.165) is 37.5 Å². The van der Waals surface area contributed by atoms with Crippen molar-refractivity contribution in [3.63, 3.8) is 0 Å². The van der Waals surface area contributed by atoms with Crippen molar-refractivity contribution >= 4 is 5.95 Å². The van der Waals surface area contributed by atoms with E-state index in [4.69, 9.17) is 4.74 Å². The summed E-state index contributed by atoms with van der Waals surface area (Å²) in [7, 11) is 1.60. The number of fused-ring (bicyclic) bond motifs is 1. The van der Waals surface area contributed by atoms with Crippen molar-refractivity contribution in [3.05, 3.63) is 23.9 Å². The Morgan fingerprint density at radius 2 is 2.35 bits per heavy atom. The molecule has 0 radical (unpaired) electrons. The molecule has 1 atom stereocenters. The predicted molar refractivity (Wildman–Crippen MR) is 73.7 cm³/mol. The highest BCUT2D eigenvalue weighted by atomic mass is 16.5. The van der Waals surface area contributed by atoms with Gasteiger partial charge in [-0.05, 0) is 6.42 Å². The van der Waals surface area contributed by atoms with Crippen LogP contribution in [0.3, 0.4) is 0 Å². The van der Waals surface area contributed by atoms with Crippen LogP contribution in [0.2, 0.25) is 0 Å². The first kappa shape index (κ1) is 12.8. The van der Waals surface area contributed by atoms with Gasteiger partial charge in [0.1, 0.15) is 5.82 Å². The Hall–Kier alpha value is -2.18. The number of anilines is 1. The quantitative estimate of drug-likeness (QED) is 0.898. The van der Waals surface area contributed by atoms with Crippen molar-refractivity contribution < 1.29 is 4.74 Å². The standard InChI is InChI=1S/C13H18N6O/c1-3-10-16-11-5-4-9(8-19(11)18-10)15-13-14-7-6-12(17-13)20-2/h6-7,9H,3-5,8H2,1-2H3,(H,14,15,17). The van der Waals surface area contributed by atoms with E-state index in [-0.39, 0.29) is 6.04 Å². The average Bonchev–Trinajstić information content (AvgIpc) is 2.90. The summed E-state index contributed by atoms with van der Waals surface area (Å²) in [4.78, 5) is 13.0. The number of hydrogen-bond acceptors (Lipinski definition) is 6. The van der Waals surface area contributed by atoms with E-state index >= 15 is 0 Å². The summed E-state index contributed by atoms with van der Waals surface area (Å²) in [5.74, 6) is 3.14. The van der Waals surface area contributed by atoms with Gasteiger partial charge in [-0.3, -0.25) is 0 Å². The molecule has 0 amide bonds. The van der Waals surface area contributed by atoms with Crippen LogP contribution >= 0.6 is 0 Å². The molecule has 1 aliphatic heterocycles. The molecule has 0 saturated carbocycles. The molecule has 1 N–H and O–H groups in total. The first-order valence-corrected chi connectivity index (χ1v) is 6.84. The number of methoxy groups -OCH3 is 1. The monoisotopic (exact) mass is 274 g/mol. The first-order chi connectivity index (χ1) is 9.78. The molecule has 7 heteroatoms. The van der Waals surface area contributed by atoms with Gasteiger partial charge in [0.05, 0.1) is 13.7 Å². The van der Waals surface area contributed by atoms with Crippen molar-refractivity contribution in [2.24, 2.45) is 0 Å². The number of nitrogens with one attached hydrogen (secondary N) is 1. The van der Waals surface area contributed by atoms with Crippen LogP contribution in [-0.4, -0.2) is 37.9 Å². The van der Waals surface area contributed by atoms with Crippen molar-refractivity contribution in [2.75, 3.05) is 12.4 Å². The summed E-state index contributed by atoms with van der Waals surface area (Å²) in [6.45, 7) is 2.87. The topological polar surface area (TPSA) is 77.8 Å². The molecule has 7 nitrogen and oxygen atoms in total. The van der Waals surface area contributed by atoms with E-state index in [2.05, 4.69) is 32.3 Å². The van der Waals surface area contributed by atoms with Crippen molar-refractivity contribution in [1.29, 1.82) is 0 Å². The Morgan fingerprint density at radius 1 is 1.45 bits per heavy atom. The molecule has 0 spiro atoms. The van der Waals surface area contributed by atoms with Crippen LogP contribution < -0.4 is 10.1 Å². The fourth-order valence-corrected chi connectivity index (χ4v) is 2.34. The summed E-state index contributed by atoms with van der Waals surface area (Å²) < 4.78 is 7.09. The molecule has 3 heterocycles. The molecule has 1 unspecified atom stereocenters. The molecular weight excluding hydrogens is 256 g/mol. The lowest BCUT2D eigenvalue weighted by molar-refractivity contribution is 0.396. The smallest absolute Gasteiger partial charge is 0.226 e. The third-order valence-corrected chi connectivity index (χ3v) is 3.39. The van der Waals surface area contributed by atoms with Gasteiger partial charge in [-0.2, -0.15) is 10.1 Å².